The molecule has 94 valence electrons. The highest BCUT2D eigenvalue weighted by molar-refractivity contribution is 7.12. The van der Waals surface area contributed by atoms with Crippen molar-refractivity contribution in [2.24, 2.45) is 5.73 Å². The van der Waals surface area contributed by atoms with E-state index in [2.05, 4.69) is 0 Å². The van der Waals surface area contributed by atoms with Gasteiger partial charge in [-0.1, -0.05) is 0 Å². The molecule has 4 heteroatoms. The van der Waals surface area contributed by atoms with Crippen LogP contribution in [0.5, 0.6) is 0 Å². The first-order valence-corrected chi connectivity index (χ1v) is 7.34. The molecule has 0 bridgehead atoms. The van der Waals surface area contributed by atoms with Crippen molar-refractivity contribution in [3.8, 4) is 0 Å². The van der Waals surface area contributed by atoms with Crippen LogP contribution in [0.3, 0.4) is 0 Å². The molecule has 3 nitrogen and oxygen atoms in total. The van der Waals surface area contributed by atoms with E-state index in [9.17, 15) is 0 Å². The quantitative estimate of drug-likeness (QED) is 0.879. The van der Waals surface area contributed by atoms with Crippen molar-refractivity contribution in [1.29, 1.82) is 0 Å². The lowest BCUT2D eigenvalue weighted by atomic mass is 9.81. The number of nitrogens with zero attached hydrogens (tertiary/aromatic N) is 1. The number of nitrogens with two attached hydrogens (primary N) is 1. The Bertz CT molecular complexity index is 386. The van der Waals surface area contributed by atoms with Gasteiger partial charge in [0.1, 0.15) is 5.01 Å². The molecule has 2 N–H and O–H groups in total. The first-order valence-electron chi connectivity index (χ1n) is 6.52. The molecule has 2 aliphatic carbocycles. The predicted octanol–water partition coefficient (Wildman–Crippen LogP) is 2.37. The van der Waals surface area contributed by atoms with Crippen molar-refractivity contribution in [2.45, 2.75) is 56.6 Å². The van der Waals surface area contributed by atoms with E-state index in [-0.39, 0.29) is 5.54 Å². The van der Waals surface area contributed by atoms with Crippen LogP contribution in [0.2, 0.25) is 0 Å². The van der Waals surface area contributed by atoms with Gasteiger partial charge in [0.25, 0.3) is 0 Å². The second-order valence-electron chi connectivity index (χ2n) is 5.33. The summed E-state index contributed by atoms with van der Waals surface area (Å²) in [6.07, 6.45) is 8.20. The fourth-order valence-electron chi connectivity index (χ4n) is 2.96. The average Bonchev–Trinajstić information content (AvgIpc) is 2.90. The summed E-state index contributed by atoms with van der Waals surface area (Å²) in [5.41, 5.74) is 7.70. The summed E-state index contributed by atoms with van der Waals surface area (Å²) in [6.45, 7) is 0. The summed E-state index contributed by atoms with van der Waals surface area (Å²) in [7, 11) is 1.80. The summed E-state index contributed by atoms with van der Waals surface area (Å²) in [5, 5.41) is 1.18. The Morgan fingerprint density at radius 2 is 2.12 bits per heavy atom. The minimum Gasteiger partial charge on any atom is -0.381 e. The summed E-state index contributed by atoms with van der Waals surface area (Å²) >= 11 is 1.86. The van der Waals surface area contributed by atoms with E-state index in [4.69, 9.17) is 15.5 Å². The largest absolute Gasteiger partial charge is 0.381 e. The lowest BCUT2D eigenvalue weighted by Crippen LogP contribution is -2.42. The fourth-order valence-corrected chi connectivity index (χ4v) is 4.27. The topological polar surface area (TPSA) is 48.1 Å². The SMILES string of the molecule is COC1CCC(N)(c2nc3c(s2)CCC3)CC1. The normalized spacial score (nSPS) is 32.7. The van der Waals surface area contributed by atoms with Crippen LogP contribution in [0.15, 0.2) is 0 Å². The lowest BCUT2D eigenvalue weighted by Gasteiger charge is -2.35. The summed E-state index contributed by atoms with van der Waals surface area (Å²) < 4.78 is 5.41. The number of ether oxygens (including phenoxy) is 1. The van der Waals surface area contributed by atoms with Gasteiger partial charge in [0.15, 0.2) is 0 Å². The maximum atomic E-state index is 6.55. The highest BCUT2D eigenvalue weighted by atomic mass is 32.1. The monoisotopic (exact) mass is 252 g/mol. The van der Waals surface area contributed by atoms with Crippen molar-refractivity contribution in [1.82, 2.24) is 4.98 Å². The molecule has 0 aromatic carbocycles. The molecular weight excluding hydrogens is 232 g/mol. The molecular formula is C13H20N2OS. The highest BCUT2D eigenvalue weighted by Gasteiger charge is 2.37. The zero-order valence-electron chi connectivity index (χ0n) is 10.4. The third kappa shape index (κ3) is 2.02. The van der Waals surface area contributed by atoms with E-state index in [1.807, 2.05) is 11.3 Å². The smallest absolute Gasteiger partial charge is 0.113 e. The van der Waals surface area contributed by atoms with E-state index in [0.29, 0.717) is 6.10 Å². The Morgan fingerprint density at radius 3 is 2.76 bits per heavy atom. The van der Waals surface area contributed by atoms with Gasteiger partial charge >= 0.3 is 0 Å². The van der Waals surface area contributed by atoms with E-state index in [0.717, 1.165) is 32.1 Å². The maximum Gasteiger partial charge on any atom is 0.113 e. The van der Waals surface area contributed by atoms with Crippen LogP contribution >= 0.6 is 11.3 Å². The van der Waals surface area contributed by atoms with Gasteiger partial charge in [-0.15, -0.1) is 11.3 Å². The Labute approximate surface area is 106 Å². The zero-order valence-corrected chi connectivity index (χ0v) is 11.2. The number of thiazole rings is 1. The van der Waals surface area contributed by atoms with E-state index < -0.39 is 0 Å². The molecule has 1 aromatic heterocycles. The van der Waals surface area contributed by atoms with Gasteiger partial charge in [0.2, 0.25) is 0 Å². The number of fused-ring (bicyclic) bond motifs is 1. The molecule has 0 spiro atoms. The molecule has 0 unspecified atom stereocenters. The molecule has 2 aliphatic rings. The number of hydrogen-bond donors (Lipinski definition) is 1. The first-order chi connectivity index (χ1) is 8.21. The van der Waals surface area contributed by atoms with Crippen molar-refractivity contribution in [2.75, 3.05) is 7.11 Å². The first kappa shape index (κ1) is 11.6. The molecule has 1 heterocycles. The van der Waals surface area contributed by atoms with E-state index >= 15 is 0 Å². The molecule has 0 amide bonds. The van der Waals surface area contributed by atoms with Crippen LogP contribution in [-0.4, -0.2) is 18.2 Å². The Morgan fingerprint density at radius 1 is 1.35 bits per heavy atom. The van der Waals surface area contributed by atoms with Crippen molar-refractivity contribution in [3.05, 3.63) is 15.6 Å². The molecule has 0 aliphatic heterocycles. The number of hydrogen-bond acceptors (Lipinski definition) is 4. The van der Waals surface area contributed by atoms with Gasteiger partial charge in [-0.25, -0.2) is 4.98 Å². The molecule has 1 aromatic rings. The fraction of sp³-hybridized carbons (Fsp3) is 0.769. The number of rotatable bonds is 2. The Balaban J connectivity index is 1.78. The van der Waals surface area contributed by atoms with Crippen LogP contribution < -0.4 is 5.73 Å². The molecule has 3 rings (SSSR count). The maximum absolute atomic E-state index is 6.55. The predicted molar refractivity (Wildman–Crippen MR) is 69.3 cm³/mol. The number of aryl methyl sites for hydroxylation is 2. The molecule has 0 saturated heterocycles. The van der Waals surface area contributed by atoms with Crippen LogP contribution in [0.25, 0.3) is 0 Å². The van der Waals surface area contributed by atoms with Crippen molar-refractivity contribution >= 4 is 11.3 Å². The van der Waals surface area contributed by atoms with Crippen LogP contribution in [0.1, 0.15) is 47.7 Å². The van der Waals surface area contributed by atoms with Gasteiger partial charge in [-0.2, -0.15) is 0 Å². The van der Waals surface area contributed by atoms with Gasteiger partial charge in [0, 0.05) is 12.0 Å². The minimum atomic E-state index is -0.177. The Kier molecular flexibility index (Phi) is 2.97. The second kappa shape index (κ2) is 4.34. The standard InChI is InChI=1S/C13H20N2OS/c1-16-9-5-7-13(14,8-6-9)12-15-10-3-2-4-11(10)17-12/h9H,2-8,14H2,1H3. The highest BCUT2D eigenvalue weighted by Crippen LogP contribution is 2.40. The van der Waals surface area contributed by atoms with Crippen LogP contribution in [0.4, 0.5) is 0 Å². The second-order valence-corrected chi connectivity index (χ2v) is 6.42. The van der Waals surface area contributed by atoms with Gasteiger partial charge < -0.3 is 10.5 Å². The summed E-state index contributed by atoms with van der Waals surface area (Å²) in [6, 6.07) is 0. The van der Waals surface area contributed by atoms with Crippen molar-refractivity contribution in [3.63, 3.8) is 0 Å². The summed E-state index contributed by atoms with van der Waals surface area (Å²) in [4.78, 5) is 6.27. The van der Waals surface area contributed by atoms with Gasteiger partial charge in [-0.05, 0) is 44.9 Å². The molecule has 1 saturated carbocycles. The van der Waals surface area contributed by atoms with Crippen LogP contribution in [0, 0.1) is 0 Å². The molecule has 1 fully saturated rings. The zero-order chi connectivity index (χ0) is 11.9. The minimum absolute atomic E-state index is 0.177. The number of aromatic nitrogens is 1. The van der Waals surface area contributed by atoms with Gasteiger partial charge in [-0.3, -0.25) is 0 Å². The molecule has 0 radical (unpaired) electrons. The van der Waals surface area contributed by atoms with Crippen LogP contribution in [-0.2, 0) is 23.1 Å². The summed E-state index contributed by atoms with van der Waals surface area (Å²) in [5.74, 6) is 0. The Hall–Kier alpha value is -0.450. The van der Waals surface area contributed by atoms with Crippen molar-refractivity contribution < 1.29 is 4.74 Å². The molecule has 17 heavy (non-hydrogen) atoms. The number of methoxy groups -OCH3 is 1. The third-order valence-electron chi connectivity index (χ3n) is 4.18. The average molecular weight is 252 g/mol. The lowest BCUT2D eigenvalue weighted by molar-refractivity contribution is 0.0492. The third-order valence-corrected chi connectivity index (χ3v) is 5.56. The van der Waals surface area contributed by atoms with E-state index in [1.165, 1.54) is 28.4 Å². The van der Waals surface area contributed by atoms with E-state index in [1.54, 1.807) is 7.11 Å². The molecule has 0 atom stereocenters. The van der Waals surface area contributed by atoms with Gasteiger partial charge in [0.05, 0.1) is 17.3 Å².